The van der Waals surface area contributed by atoms with Gasteiger partial charge in [0.15, 0.2) is 0 Å². The van der Waals surface area contributed by atoms with Crippen LogP contribution in [0.15, 0.2) is 60.8 Å². The van der Waals surface area contributed by atoms with Crippen molar-refractivity contribution in [2.75, 3.05) is 25.5 Å². The zero-order valence-electron chi connectivity index (χ0n) is 15.2. The van der Waals surface area contributed by atoms with Gasteiger partial charge in [0.1, 0.15) is 12.4 Å². The second-order valence-corrected chi connectivity index (χ2v) is 6.53. The van der Waals surface area contributed by atoms with Crippen molar-refractivity contribution < 1.29 is 9.53 Å². The third-order valence-electron chi connectivity index (χ3n) is 4.03. The molecule has 0 radical (unpaired) electrons. The maximum atomic E-state index is 12.4. The van der Waals surface area contributed by atoms with Crippen LogP contribution in [0.4, 0.5) is 10.5 Å². The highest BCUT2D eigenvalue weighted by Gasteiger charge is 2.10. The van der Waals surface area contributed by atoms with Gasteiger partial charge >= 0.3 is 6.03 Å². The highest BCUT2D eigenvalue weighted by atomic mass is 35.5. The minimum atomic E-state index is -0.205. The molecule has 0 aliphatic rings. The molecule has 0 bridgehead atoms. The zero-order valence-corrected chi connectivity index (χ0v) is 16.0. The van der Waals surface area contributed by atoms with Gasteiger partial charge in [-0.05, 0) is 55.5 Å². The lowest BCUT2D eigenvalue weighted by Crippen LogP contribution is -2.34. The molecule has 1 aromatic heterocycles. The molecule has 0 fully saturated rings. The smallest absolute Gasteiger partial charge is 0.321 e. The molecule has 0 aliphatic carbocycles. The molecule has 0 unspecified atom stereocenters. The summed E-state index contributed by atoms with van der Waals surface area (Å²) in [4.78, 5) is 14.0. The van der Waals surface area contributed by atoms with Crippen molar-refractivity contribution in [2.45, 2.75) is 6.92 Å². The summed E-state index contributed by atoms with van der Waals surface area (Å²) in [5.41, 5.74) is 2.62. The molecule has 27 heavy (non-hydrogen) atoms. The van der Waals surface area contributed by atoms with Crippen LogP contribution in [-0.4, -0.2) is 40.9 Å². The van der Waals surface area contributed by atoms with Crippen molar-refractivity contribution in [2.24, 2.45) is 0 Å². The van der Waals surface area contributed by atoms with Gasteiger partial charge in [-0.2, -0.15) is 5.10 Å². The molecule has 1 N–H and O–H groups in total. The zero-order chi connectivity index (χ0) is 19.2. The first kappa shape index (κ1) is 18.8. The number of halogens is 1. The van der Waals surface area contributed by atoms with Crippen molar-refractivity contribution in [3.05, 3.63) is 71.5 Å². The number of carbonyl (C=O) groups excluding carboxylic acids is 1. The SMILES string of the molecule is Cc1ccnn1-c1cccc(NC(=O)N(C)CCOc2ccc(Cl)cc2)c1. The molecule has 0 aliphatic heterocycles. The summed E-state index contributed by atoms with van der Waals surface area (Å²) >= 11 is 5.84. The Morgan fingerprint density at radius 1 is 1.22 bits per heavy atom. The van der Waals surface area contributed by atoms with Gasteiger partial charge in [0.2, 0.25) is 0 Å². The number of amides is 2. The van der Waals surface area contributed by atoms with E-state index in [4.69, 9.17) is 16.3 Å². The maximum absolute atomic E-state index is 12.4. The number of carbonyl (C=O) groups is 1. The van der Waals surface area contributed by atoms with Crippen LogP contribution in [-0.2, 0) is 0 Å². The Hall–Kier alpha value is -2.99. The predicted octanol–water partition coefficient (Wildman–Crippen LogP) is 4.38. The summed E-state index contributed by atoms with van der Waals surface area (Å²) < 4.78 is 7.44. The van der Waals surface area contributed by atoms with Crippen LogP contribution in [0.2, 0.25) is 5.02 Å². The van der Waals surface area contributed by atoms with E-state index in [1.807, 2.05) is 41.9 Å². The Labute approximate surface area is 163 Å². The third-order valence-corrected chi connectivity index (χ3v) is 4.28. The van der Waals surface area contributed by atoms with E-state index in [1.165, 1.54) is 0 Å². The van der Waals surface area contributed by atoms with Gasteiger partial charge < -0.3 is 15.0 Å². The van der Waals surface area contributed by atoms with Crippen molar-refractivity contribution in [3.8, 4) is 11.4 Å². The fourth-order valence-corrected chi connectivity index (χ4v) is 2.63. The van der Waals surface area contributed by atoms with E-state index >= 15 is 0 Å². The van der Waals surface area contributed by atoms with Gasteiger partial charge in [-0.15, -0.1) is 0 Å². The average molecular weight is 385 g/mol. The molecule has 0 saturated heterocycles. The first-order valence-electron chi connectivity index (χ1n) is 8.54. The Bertz CT molecular complexity index is 908. The Morgan fingerprint density at radius 3 is 2.70 bits per heavy atom. The van der Waals surface area contributed by atoms with Crippen LogP contribution < -0.4 is 10.1 Å². The first-order chi connectivity index (χ1) is 13.0. The lowest BCUT2D eigenvalue weighted by molar-refractivity contribution is 0.207. The first-order valence-corrected chi connectivity index (χ1v) is 8.92. The lowest BCUT2D eigenvalue weighted by Gasteiger charge is -2.18. The van der Waals surface area contributed by atoms with E-state index in [9.17, 15) is 4.79 Å². The Morgan fingerprint density at radius 2 is 2.00 bits per heavy atom. The van der Waals surface area contributed by atoms with E-state index in [0.29, 0.717) is 23.9 Å². The second kappa shape index (κ2) is 8.60. The Balaban J connectivity index is 1.53. The Kier molecular flexibility index (Phi) is 5.98. The van der Waals surface area contributed by atoms with E-state index < -0.39 is 0 Å². The number of nitrogens with zero attached hydrogens (tertiary/aromatic N) is 3. The number of benzene rings is 2. The number of likely N-dealkylation sites (N-methyl/N-ethyl adjacent to an activating group) is 1. The molecule has 3 rings (SSSR count). The second-order valence-electron chi connectivity index (χ2n) is 6.09. The number of rotatable bonds is 6. The topological polar surface area (TPSA) is 59.4 Å². The van der Waals surface area contributed by atoms with Gasteiger partial charge in [0, 0.05) is 29.6 Å². The van der Waals surface area contributed by atoms with E-state index in [1.54, 1.807) is 42.4 Å². The van der Waals surface area contributed by atoms with Crippen LogP contribution in [0, 0.1) is 6.92 Å². The predicted molar refractivity (Wildman–Crippen MR) is 107 cm³/mol. The molecule has 2 amide bonds. The summed E-state index contributed by atoms with van der Waals surface area (Å²) in [5.74, 6) is 0.718. The third kappa shape index (κ3) is 5.01. The van der Waals surface area contributed by atoms with Crippen LogP contribution in [0.1, 0.15) is 5.69 Å². The minimum Gasteiger partial charge on any atom is -0.492 e. The molecule has 140 valence electrons. The van der Waals surface area contributed by atoms with E-state index in [2.05, 4.69) is 10.4 Å². The van der Waals surface area contributed by atoms with Gasteiger partial charge in [0.05, 0.1) is 12.2 Å². The number of hydrogen-bond donors (Lipinski definition) is 1. The van der Waals surface area contributed by atoms with Crippen LogP contribution in [0.5, 0.6) is 5.75 Å². The number of urea groups is 1. The maximum Gasteiger partial charge on any atom is 0.321 e. The van der Waals surface area contributed by atoms with E-state index in [0.717, 1.165) is 17.1 Å². The molecular formula is C20H21ClN4O2. The fraction of sp³-hybridized carbons (Fsp3) is 0.200. The number of aryl methyl sites for hydroxylation is 1. The number of hydrogen-bond acceptors (Lipinski definition) is 3. The summed E-state index contributed by atoms with van der Waals surface area (Å²) in [6.07, 6.45) is 1.75. The molecule has 7 heteroatoms. The molecule has 0 atom stereocenters. The molecule has 1 heterocycles. The van der Waals surface area contributed by atoms with Crippen molar-refractivity contribution in [3.63, 3.8) is 0 Å². The van der Waals surface area contributed by atoms with Crippen molar-refractivity contribution in [1.82, 2.24) is 14.7 Å². The highest BCUT2D eigenvalue weighted by molar-refractivity contribution is 6.30. The fourth-order valence-electron chi connectivity index (χ4n) is 2.51. The summed E-state index contributed by atoms with van der Waals surface area (Å²) in [6, 6.07) is 16.4. The molecule has 6 nitrogen and oxygen atoms in total. The molecule has 2 aromatic carbocycles. The van der Waals surface area contributed by atoms with Crippen LogP contribution in [0.3, 0.4) is 0 Å². The lowest BCUT2D eigenvalue weighted by atomic mass is 10.2. The van der Waals surface area contributed by atoms with Gasteiger partial charge in [-0.25, -0.2) is 9.48 Å². The standard InChI is InChI=1S/C20H21ClN4O2/c1-15-10-11-22-25(15)18-5-3-4-17(14-18)23-20(26)24(2)12-13-27-19-8-6-16(21)7-9-19/h3-11,14H,12-13H2,1-2H3,(H,23,26). The number of ether oxygens (including phenoxy) is 1. The van der Waals surface area contributed by atoms with Crippen molar-refractivity contribution in [1.29, 1.82) is 0 Å². The minimum absolute atomic E-state index is 0.205. The quantitative estimate of drug-likeness (QED) is 0.686. The highest BCUT2D eigenvalue weighted by Crippen LogP contribution is 2.17. The largest absolute Gasteiger partial charge is 0.492 e. The summed E-state index contributed by atoms with van der Waals surface area (Å²) in [5, 5.41) is 7.84. The summed E-state index contributed by atoms with van der Waals surface area (Å²) in [7, 11) is 1.72. The number of anilines is 1. The molecule has 0 saturated carbocycles. The normalized spacial score (nSPS) is 10.5. The average Bonchev–Trinajstić information content (AvgIpc) is 3.09. The van der Waals surface area contributed by atoms with Gasteiger partial charge in [-0.3, -0.25) is 0 Å². The molecule has 3 aromatic rings. The monoisotopic (exact) mass is 384 g/mol. The number of nitrogens with one attached hydrogen (secondary N) is 1. The molecular weight excluding hydrogens is 364 g/mol. The van der Waals surface area contributed by atoms with Crippen molar-refractivity contribution >= 4 is 23.3 Å². The van der Waals surface area contributed by atoms with Crippen LogP contribution >= 0.6 is 11.6 Å². The van der Waals surface area contributed by atoms with Gasteiger partial charge in [0.25, 0.3) is 0 Å². The van der Waals surface area contributed by atoms with Crippen LogP contribution in [0.25, 0.3) is 5.69 Å². The van der Waals surface area contributed by atoms with E-state index in [-0.39, 0.29) is 6.03 Å². The van der Waals surface area contributed by atoms with Gasteiger partial charge in [-0.1, -0.05) is 17.7 Å². The number of aromatic nitrogens is 2. The summed E-state index contributed by atoms with van der Waals surface area (Å²) in [6.45, 7) is 2.82. The molecule has 0 spiro atoms.